The van der Waals surface area contributed by atoms with E-state index >= 15 is 0 Å². The Morgan fingerprint density at radius 1 is 1.46 bits per heavy atom. The van der Waals surface area contributed by atoms with Crippen LogP contribution in [0.2, 0.25) is 0 Å². The molecule has 1 rings (SSSR count). The molecule has 0 aliphatic carbocycles. The van der Waals surface area contributed by atoms with Crippen LogP contribution in [-0.2, 0) is 4.79 Å². The van der Waals surface area contributed by atoms with E-state index in [0.717, 1.165) is 19.5 Å². The predicted octanol–water partition coefficient (Wildman–Crippen LogP) is -0.0261. The highest BCUT2D eigenvalue weighted by Crippen LogP contribution is 2.13. The molecule has 1 aliphatic heterocycles. The number of aliphatic carboxylic acids is 1. The van der Waals surface area contributed by atoms with Gasteiger partial charge in [0.05, 0.1) is 6.10 Å². The minimum absolute atomic E-state index is 0.0648. The summed E-state index contributed by atoms with van der Waals surface area (Å²) < 4.78 is 31.7. The molecule has 0 aromatic heterocycles. The molecule has 0 spiro atoms. The smallest absolute Gasteiger partial charge is 0.475 e. The second kappa shape index (κ2) is 5.03. The Kier molecular flexibility index (Phi) is 4.71. The number of rotatable bonds is 0. The molecule has 0 aromatic carbocycles. The Labute approximate surface area is 72.4 Å². The fourth-order valence-electron chi connectivity index (χ4n) is 0.639. The average molecular weight is 201 g/mol. The van der Waals surface area contributed by atoms with Crippen molar-refractivity contribution in [3.63, 3.8) is 0 Å². The molecule has 0 bridgehead atoms. The number of carboxylic acid groups (broad SMARTS) is 1. The van der Waals surface area contributed by atoms with E-state index in [9.17, 15) is 13.2 Å². The van der Waals surface area contributed by atoms with Gasteiger partial charge in [-0.1, -0.05) is 0 Å². The molecule has 1 aliphatic rings. The van der Waals surface area contributed by atoms with Crippen molar-refractivity contribution in [2.24, 2.45) is 0 Å². The van der Waals surface area contributed by atoms with Crippen molar-refractivity contribution >= 4 is 5.97 Å². The minimum Gasteiger partial charge on any atom is -0.475 e. The first-order valence-corrected chi connectivity index (χ1v) is 3.53. The topological polar surface area (TPSA) is 69.6 Å². The van der Waals surface area contributed by atoms with Gasteiger partial charge >= 0.3 is 12.1 Å². The lowest BCUT2D eigenvalue weighted by atomic mass is 10.3. The summed E-state index contributed by atoms with van der Waals surface area (Å²) in [5.74, 6) is -2.76. The van der Waals surface area contributed by atoms with Gasteiger partial charge in [-0.05, 0) is 13.0 Å². The van der Waals surface area contributed by atoms with Gasteiger partial charge in [-0.3, -0.25) is 0 Å². The molecular formula is C6H10F3NO3. The molecule has 0 saturated carbocycles. The average Bonchev–Trinajstić information content (AvgIpc) is 2.38. The number of β-amino-alcohol motifs (C(OH)–C–C–N with tert-alkyl or cyclic N) is 1. The minimum atomic E-state index is -5.08. The Morgan fingerprint density at radius 3 is 2.00 bits per heavy atom. The van der Waals surface area contributed by atoms with Gasteiger partial charge in [0.2, 0.25) is 0 Å². The summed E-state index contributed by atoms with van der Waals surface area (Å²) in [4.78, 5) is 8.90. The van der Waals surface area contributed by atoms with Crippen molar-refractivity contribution in [3.05, 3.63) is 0 Å². The van der Waals surface area contributed by atoms with Crippen LogP contribution in [0.15, 0.2) is 0 Å². The highest BCUT2D eigenvalue weighted by atomic mass is 19.4. The standard InChI is InChI=1S/C4H9NO.C2HF3O2/c6-4-1-2-5-3-4;3-2(4,5)1(6)7/h4-6H,1-3H2;(H,6,7). The molecule has 13 heavy (non-hydrogen) atoms. The SMILES string of the molecule is O=C(O)C(F)(F)F.OC1CCNC1. The normalized spacial score (nSPS) is 22.0. The van der Waals surface area contributed by atoms with E-state index in [0.29, 0.717) is 0 Å². The third kappa shape index (κ3) is 6.35. The fourth-order valence-corrected chi connectivity index (χ4v) is 0.639. The number of nitrogens with one attached hydrogen (secondary N) is 1. The maximum Gasteiger partial charge on any atom is 0.490 e. The van der Waals surface area contributed by atoms with Crippen LogP contribution < -0.4 is 5.32 Å². The Bertz CT molecular complexity index is 165. The van der Waals surface area contributed by atoms with Crippen LogP contribution in [0.5, 0.6) is 0 Å². The zero-order valence-corrected chi connectivity index (χ0v) is 6.64. The van der Waals surface area contributed by atoms with Crippen LogP contribution in [0.3, 0.4) is 0 Å². The third-order valence-corrected chi connectivity index (χ3v) is 1.28. The summed E-state index contributed by atoms with van der Waals surface area (Å²) in [6.07, 6.45) is -4.22. The zero-order valence-electron chi connectivity index (χ0n) is 6.64. The number of carboxylic acids is 1. The van der Waals surface area contributed by atoms with Crippen molar-refractivity contribution in [1.82, 2.24) is 5.32 Å². The monoisotopic (exact) mass is 201 g/mol. The number of halogens is 3. The Hall–Kier alpha value is -0.820. The molecule has 3 N–H and O–H groups in total. The molecule has 1 fully saturated rings. The molecule has 0 amide bonds. The molecule has 78 valence electrons. The van der Waals surface area contributed by atoms with Crippen LogP contribution in [0.1, 0.15) is 6.42 Å². The first-order chi connectivity index (χ1) is 5.84. The third-order valence-electron chi connectivity index (χ3n) is 1.28. The van der Waals surface area contributed by atoms with Crippen molar-refractivity contribution in [2.45, 2.75) is 18.7 Å². The maximum absolute atomic E-state index is 10.6. The molecule has 1 heterocycles. The largest absolute Gasteiger partial charge is 0.490 e. The van der Waals surface area contributed by atoms with Gasteiger partial charge in [-0.2, -0.15) is 13.2 Å². The maximum atomic E-state index is 10.6. The molecular weight excluding hydrogens is 191 g/mol. The summed E-state index contributed by atoms with van der Waals surface area (Å²) in [6, 6.07) is 0. The number of carbonyl (C=O) groups is 1. The molecule has 1 saturated heterocycles. The fraction of sp³-hybridized carbons (Fsp3) is 0.833. The van der Waals surface area contributed by atoms with Gasteiger partial charge in [-0.15, -0.1) is 0 Å². The number of hydrogen-bond acceptors (Lipinski definition) is 3. The second-order valence-corrected chi connectivity index (χ2v) is 2.45. The van der Waals surface area contributed by atoms with Gasteiger partial charge in [0, 0.05) is 6.54 Å². The zero-order chi connectivity index (χ0) is 10.5. The van der Waals surface area contributed by atoms with Crippen molar-refractivity contribution in [2.75, 3.05) is 13.1 Å². The predicted molar refractivity (Wildman–Crippen MR) is 37.2 cm³/mol. The number of hydrogen-bond donors (Lipinski definition) is 3. The first-order valence-electron chi connectivity index (χ1n) is 3.53. The van der Waals surface area contributed by atoms with Crippen LogP contribution >= 0.6 is 0 Å². The van der Waals surface area contributed by atoms with Gasteiger partial charge in [0.1, 0.15) is 0 Å². The molecule has 0 radical (unpaired) electrons. The van der Waals surface area contributed by atoms with Crippen LogP contribution in [0.25, 0.3) is 0 Å². The van der Waals surface area contributed by atoms with E-state index in [4.69, 9.17) is 15.0 Å². The summed E-state index contributed by atoms with van der Waals surface area (Å²) in [7, 11) is 0. The van der Waals surface area contributed by atoms with E-state index in [1.165, 1.54) is 0 Å². The number of alkyl halides is 3. The molecule has 1 atom stereocenters. The van der Waals surface area contributed by atoms with Crippen molar-refractivity contribution in [1.29, 1.82) is 0 Å². The lowest BCUT2D eigenvalue weighted by molar-refractivity contribution is -0.192. The van der Waals surface area contributed by atoms with E-state index in [-0.39, 0.29) is 6.10 Å². The van der Waals surface area contributed by atoms with E-state index in [1.807, 2.05) is 0 Å². The molecule has 0 aromatic rings. The van der Waals surface area contributed by atoms with Gasteiger partial charge in [0.25, 0.3) is 0 Å². The molecule has 1 unspecified atom stereocenters. The van der Waals surface area contributed by atoms with Crippen LogP contribution in [-0.4, -0.2) is 41.6 Å². The highest BCUT2D eigenvalue weighted by Gasteiger charge is 2.38. The van der Waals surface area contributed by atoms with Gasteiger partial charge in [-0.25, -0.2) is 4.79 Å². The van der Waals surface area contributed by atoms with Gasteiger partial charge in [0.15, 0.2) is 0 Å². The summed E-state index contributed by atoms with van der Waals surface area (Å²) in [5, 5.41) is 18.8. The lowest BCUT2D eigenvalue weighted by Crippen LogP contribution is -2.21. The Morgan fingerprint density at radius 2 is 1.92 bits per heavy atom. The second-order valence-electron chi connectivity index (χ2n) is 2.45. The van der Waals surface area contributed by atoms with E-state index in [2.05, 4.69) is 5.32 Å². The summed E-state index contributed by atoms with van der Waals surface area (Å²) in [5.41, 5.74) is 0. The molecule has 4 nitrogen and oxygen atoms in total. The van der Waals surface area contributed by atoms with E-state index in [1.54, 1.807) is 0 Å². The lowest BCUT2D eigenvalue weighted by Gasteiger charge is -1.93. The van der Waals surface area contributed by atoms with Crippen LogP contribution in [0, 0.1) is 0 Å². The van der Waals surface area contributed by atoms with Gasteiger partial charge < -0.3 is 15.5 Å². The summed E-state index contributed by atoms with van der Waals surface area (Å²) >= 11 is 0. The quantitative estimate of drug-likeness (QED) is 0.515. The van der Waals surface area contributed by atoms with E-state index < -0.39 is 12.1 Å². The Balaban J connectivity index is 0.000000223. The number of aliphatic hydroxyl groups is 1. The van der Waals surface area contributed by atoms with Crippen molar-refractivity contribution < 1.29 is 28.2 Å². The molecule has 7 heteroatoms. The number of aliphatic hydroxyl groups excluding tert-OH is 1. The first kappa shape index (κ1) is 12.2. The summed E-state index contributed by atoms with van der Waals surface area (Å²) in [6.45, 7) is 1.78. The van der Waals surface area contributed by atoms with Crippen molar-refractivity contribution in [3.8, 4) is 0 Å². The highest BCUT2D eigenvalue weighted by molar-refractivity contribution is 5.73. The van der Waals surface area contributed by atoms with Crippen LogP contribution in [0.4, 0.5) is 13.2 Å².